The summed E-state index contributed by atoms with van der Waals surface area (Å²) < 4.78 is 1.05. The van der Waals surface area contributed by atoms with Crippen molar-refractivity contribution in [1.29, 1.82) is 0 Å². The molecule has 3 amide bonds. The molecular weight excluding hydrogens is 483 g/mol. The van der Waals surface area contributed by atoms with Gasteiger partial charge in [-0.25, -0.2) is 0 Å². The zero-order valence-corrected chi connectivity index (χ0v) is 18.3. The fourth-order valence-electron chi connectivity index (χ4n) is 2.67. The molecule has 0 saturated heterocycles. The number of halogens is 1. The number of nitrogens with one attached hydrogen (secondary N) is 3. The molecule has 0 aliphatic heterocycles. The van der Waals surface area contributed by atoms with Gasteiger partial charge in [-0.15, -0.1) is 0 Å². The predicted molar refractivity (Wildman–Crippen MR) is 120 cm³/mol. The topological polar surface area (TPSA) is 113 Å². The molecule has 0 fully saturated rings. The summed E-state index contributed by atoms with van der Waals surface area (Å²) in [6, 6.07) is 15.6. The molecule has 8 heteroatoms. The van der Waals surface area contributed by atoms with E-state index in [1.54, 1.807) is 6.92 Å². The van der Waals surface area contributed by atoms with Crippen molar-refractivity contribution in [2.45, 2.75) is 32.0 Å². The predicted octanol–water partition coefficient (Wildman–Crippen LogP) is 1.10. The number of nitrogens with two attached hydrogens (primary N) is 1. The number of hydrogen-bond acceptors (Lipinski definition) is 4. The fraction of sp³-hybridized carbons (Fsp3) is 0.286. The Labute approximate surface area is 184 Å². The molecule has 0 saturated carbocycles. The second-order valence-electron chi connectivity index (χ2n) is 6.55. The van der Waals surface area contributed by atoms with Crippen molar-refractivity contribution >= 4 is 40.3 Å². The summed E-state index contributed by atoms with van der Waals surface area (Å²) in [6.07, 6.45) is 0.335. The monoisotopic (exact) mass is 508 g/mol. The van der Waals surface area contributed by atoms with Crippen LogP contribution in [0.15, 0.2) is 54.6 Å². The van der Waals surface area contributed by atoms with Crippen molar-refractivity contribution in [3.63, 3.8) is 0 Å². The van der Waals surface area contributed by atoms with E-state index >= 15 is 0 Å². The van der Waals surface area contributed by atoms with Gasteiger partial charge in [0.2, 0.25) is 17.7 Å². The van der Waals surface area contributed by atoms with Gasteiger partial charge in [-0.1, -0.05) is 48.5 Å². The zero-order chi connectivity index (χ0) is 21.2. The van der Waals surface area contributed by atoms with Crippen LogP contribution in [-0.4, -0.2) is 36.3 Å². The van der Waals surface area contributed by atoms with Crippen LogP contribution in [0.3, 0.4) is 0 Å². The fourth-order valence-corrected chi connectivity index (χ4v) is 3.25. The first-order valence-electron chi connectivity index (χ1n) is 9.25. The minimum absolute atomic E-state index is 0.207. The van der Waals surface area contributed by atoms with E-state index in [1.807, 2.05) is 54.6 Å². The Morgan fingerprint density at radius 2 is 1.62 bits per heavy atom. The molecule has 0 bridgehead atoms. The summed E-state index contributed by atoms with van der Waals surface area (Å²) in [5.41, 5.74) is 7.18. The summed E-state index contributed by atoms with van der Waals surface area (Å²) in [5, 5.41) is 8.12. The van der Waals surface area contributed by atoms with Gasteiger partial charge in [-0.2, -0.15) is 0 Å². The number of amides is 3. The summed E-state index contributed by atoms with van der Waals surface area (Å²) in [7, 11) is 0. The lowest BCUT2D eigenvalue weighted by atomic mass is 10.0. The van der Waals surface area contributed by atoms with Crippen LogP contribution in [0.4, 0.5) is 0 Å². The van der Waals surface area contributed by atoms with Crippen LogP contribution < -0.4 is 21.7 Å². The van der Waals surface area contributed by atoms with Crippen LogP contribution in [0.5, 0.6) is 0 Å². The van der Waals surface area contributed by atoms with E-state index in [9.17, 15) is 14.4 Å². The van der Waals surface area contributed by atoms with E-state index in [1.165, 1.54) is 0 Å². The lowest BCUT2D eigenvalue weighted by molar-refractivity contribution is -0.131. The molecular formula is C21H25IN4O3. The van der Waals surface area contributed by atoms with Gasteiger partial charge < -0.3 is 21.7 Å². The molecule has 0 unspecified atom stereocenters. The maximum absolute atomic E-state index is 12.8. The molecule has 154 valence electrons. The van der Waals surface area contributed by atoms with E-state index in [0.717, 1.165) is 14.7 Å². The van der Waals surface area contributed by atoms with Gasteiger partial charge in [0.25, 0.3) is 0 Å². The highest BCUT2D eigenvalue weighted by atomic mass is 127. The van der Waals surface area contributed by atoms with Crippen LogP contribution in [0.1, 0.15) is 18.1 Å². The second-order valence-corrected chi connectivity index (χ2v) is 7.72. The van der Waals surface area contributed by atoms with E-state index in [-0.39, 0.29) is 12.5 Å². The first-order chi connectivity index (χ1) is 13.9. The molecule has 0 aromatic heterocycles. The third-order valence-electron chi connectivity index (χ3n) is 4.28. The largest absolute Gasteiger partial charge is 0.350 e. The van der Waals surface area contributed by atoms with Gasteiger partial charge in [0.1, 0.15) is 12.1 Å². The molecule has 2 atom stereocenters. The molecule has 2 aromatic carbocycles. The maximum atomic E-state index is 12.8. The van der Waals surface area contributed by atoms with Gasteiger partial charge in [0, 0.05) is 16.5 Å². The van der Waals surface area contributed by atoms with Gasteiger partial charge in [-0.3, -0.25) is 14.4 Å². The lowest BCUT2D eigenvalue weighted by Crippen LogP contribution is -2.54. The van der Waals surface area contributed by atoms with Gasteiger partial charge in [0.15, 0.2) is 0 Å². The molecule has 7 nitrogen and oxygen atoms in total. The third-order valence-corrected chi connectivity index (χ3v) is 5.34. The molecule has 2 aromatic rings. The normalized spacial score (nSPS) is 12.5. The van der Waals surface area contributed by atoms with E-state index in [2.05, 4.69) is 38.5 Å². The summed E-state index contributed by atoms with van der Waals surface area (Å²) in [6.45, 7) is 1.70. The average Bonchev–Trinajstić information content (AvgIpc) is 2.73. The van der Waals surface area contributed by atoms with Crippen LogP contribution in [0.25, 0.3) is 0 Å². The lowest BCUT2D eigenvalue weighted by Gasteiger charge is -2.21. The first kappa shape index (κ1) is 22.8. The minimum atomic E-state index is -0.799. The minimum Gasteiger partial charge on any atom is -0.350 e. The Morgan fingerprint density at radius 1 is 0.966 bits per heavy atom. The molecule has 5 N–H and O–H groups in total. The Kier molecular flexibility index (Phi) is 9.07. The molecule has 0 heterocycles. The van der Waals surface area contributed by atoms with Crippen molar-refractivity contribution in [1.82, 2.24) is 16.0 Å². The van der Waals surface area contributed by atoms with Crippen molar-refractivity contribution in [3.8, 4) is 0 Å². The number of rotatable bonds is 9. The highest BCUT2D eigenvalue weighted by Crippen LogP contribution is 2.11. The Balaban J connectivity index is 2.07. The smallest absolute Gasteiger partial charge is 0.243 e. The van der Waals surface area contributed by atoms with Crippen LogP contribution in [-0.2, 0) is 27.3 Å². The quantitative estimate of drug-likeness (QED) is 0.380. The van der Waals surface area contributed by atoms with Gasteiger partial charge in [-0.05, 0) is 46.7 Å². The van der Waals surface area contributed by atoms with E-state index < -0.39 is 23.9 Å². The van der Waals surface area contributed by atoms with Gasteiger partial charge in [0.05, 0.1) is 6.54 Å². The number of carbonyl (C=O) groups excluding carboxylic acids is 3. The zero-order valence-electron chi connectivity index (χ0n) is 16.2. The standard InChI is InChI=1S/C21H25IN4O3/c1-14(25-19(27)12-23)20(28)26-18(11-15-7-3-2-4-8-15)21(29)24-13-16-9-5-6-10-17(16)22/h2-10,14,18H,11-13,23H2,1H3,(H,24,29)(H,25,27)(H,26,28)/t14-,18+/m1/s1. The third kappa shape index (κ3) is 7.47. The average molecular weight is 508 g/mol. The molecule has 0 radical (unpaired) electrons. The van der Waals surface area contributed by atoms with Gasteiger partial charge >= 0.3 is 0 Å². The molecule has 2 rings (SSSR count). The van der Waals surface area contributed by atoms with E-state index in [4.69, 9.17) is 5.73 Å². The highest BCUT2D eigenvalue weighted by Gasteiger charge is 2.24. The van der Waals surface area contributed by atoms with Crippen LogP contribution in [0, 0.1) is 3.57 Å². The molecule has 0 aliphatic rings. The SMILES string of the molecule is C[C@@H](NC(=O)CN)C(=O)N[C@@H](Cc1ccccc1)C(=O)NCc1ccccc1I. The van der Waals surface area contributed by atoms with Crippen LogP contribution >= 0.6 is 22.6 Å². The number of hydrogen-bond donors (Lipinski definition) is 4. The summed E-state index contributed by atoms with van der Waals surface area (Å²) >= 11 is 2.21. The maximum Gasteiger partial charge on any atom is 0.243 e. The van der Waals surface area contributed by atoms with E-state index in [0.29, 0.717) is 13.0 Å². The number of benzene rings is 2. The van der Waals surface area contributed by atoms with Crippen LogP contribution in [0.2, 0.25) is 0 Å². The van der Waals surface area contributed by atoms with Crippen molar-refractivity contribution in [2.24, 2.45) is 5.73 Å². The van der Waals surface area contributed by atoms with Crippen molar-refractivity contribution < 1.29 is 14.4 Å². The first-order valence-corrected chi connectivity index (χ1v) is 10.3. The van der Waals surface area contributed by atoms with Crippen molar-refractivity contribution in [3.05, 3.63) is 69.3 Å². The Hall–Kier alpha value is -2.46. The van der Waals surface area contributed by atoms with Crippen molar-refractivity contribution in [2.75, 3.05) is 6.54 Å². The molecule has 0 aliphatic carbocycles. The Bertz CT molecular complexity index is 845. The summed E-state index contributed by atoms with van der Waals surface area (Å²) in [4.78, 5) is 36.7. The Morgan fingerprint density at radius 3 is 2.28 bits per heavy atom. The second kappa shape index (κ2) is 11.5. The molecule has 29 heavy (non-hydrogen) atoms. The number of carbonyl (C=O) groups is 3. The molecule has 0 spiro atoms. The highest BCUT2D eigenvalue weighted by molar-refractivity contribution is 14.1. The summed E-state index contributed by atoms with van der Waals surface area (Å²) in [5.74, 6) is -1.17.